The largest absolute Gasteiger partial charge is 0.444 e. The normalized spacial score (nSPS) is 23.4. The summed E-state index contributed by atoms with van der Waals surface area (Å²) in [6.07, 6.45) is 5.74. The highest BCUT2D eigenvalue weighted by molar-refractivity contribution is 5.68. The summed E-state index contributed by atoms with van der Waals surface area (Å²) in [5.41, 5.74) is -0.435. The average molecular weight is 286 g/mol. The Hall–Kier alpha value is -0.810. The van der Waals surface area contributed by atoms with Gasteiger partial charge in [-0.25, -0.2) is 4.79 Å². The van der Waals surface area contributed by atoms with Crippen LogP contribution in [-0.4, -0.2) is 42.0 Å². The second-order valence-corrected chi connectivity index (χ2v) is 6.58. The minimum atomic E-state index is -0.435. The van der Waals surface area contributed by atoms with Crippen LogP contribution in [0.15, 0.2) is 0 Å². The Bertz CT molecular complexity index is 281. The molecule has 0 heterocycles. The van der Waals surface area contributed by atoms with Gasteiger partial charge in [0, 0.05) is 18.7 Å². The van der Waals surface area contributed by atoms with Crippen molar-refractivity contribution in [1.82, 2.24) is 10.6 Å². The molecule has 0 aromatic carbocycles. The van der Waals surface area contributed by atoms with E-state index in [1.54, 1.807) is 0 Å². The van der Waals surface area contributed by atoms with Crippen molar-refractivity contribution in [1.29, 1.82) is 0 Å². The molecule has 5 nitrogen and oxygen atoms in total. The molecule has 118 valence electrons. The smallest absolute Gasteiger partial charge is 0.407 e. The van der Waals surface area contributed by atoms with Crippen LogP contribution in [0, 0.1) is 0 Å². The molecule has 0 spiro atoms. The van der Waals surface area contributed by atoms with E-state index >= 15 is 0 Å². The molecule has 0 aromatic heterocycles. The summed E-state index contributed by atoms with van der Waals surface area (Å²) in [6.45, 7) is 6.86. The van der Waals surface area contributed by atoms with Crippen LogP contribution in [-0.2, 0) is 4.74 Å². The summed E-state index contributed by atoms with van der Waals surface area (Å²) in [5.74, 6) is 0. The van der Waals surface area contributed by atoms with E-state index in [1.807, 2.05) is 20.8 Å². The first-order chi connectivity index (χ1) is 9.40. The maximum Gasteiger partial charge on any atom is 0.407 e. The van der Waals surface area contributed by atoms with Gasteiger partial charge in [0.25, 0.3) is 0 Å². The number of carbonyl (C=O) groups excluding carboxylic acids is 1. The summed E-state index contributed by atoms with van der Waals surface area (Å²) >= 11 is 0. The molecule has 0 saturated heterocycles. The van der Waals surface area contributed by atoms with E-state index in [1.165, 1.54) is 0 Å². The number of aliphatic hydroxyl groups excluding tert-OH is 1. The first kappa shape index (κ1) is 17.2. The fraction of sp³-hybridized carbons (Fsp3) is 0.933. The number of rotatable bonds is 6. The molecular weight excluding hydrogens is 256 g/mol. The highest BCUT2D eigenvalue weighted by atomic mass is 16.6. The van der Waals surface area contributed by atoms with Gasteiger partial charge in [0.15, 0.2) is 0 Å². The van der Waals surface area contributed by atoms with Crippen LogP contribution in [0.2, 0.25) is 0 Å². The molecule has 1 rings (SSSR count). The van der Waals surface area contributed by atoms with Gasteiger partial charge in [-0.15, -0.1) is 0 Å². The molecule has 0 aromatic rings. The Morgan fingerprint density at radius 3 is 2.30 bits per heavy atom. The number of hydrogen-bond acceptors (Lipinski definition) is 4. The number of nitrogens with one attached hydrogen (secondary N) is 2. The first-order valence-electron chi connectivity index (χ1n) is 7.74. The van der Waals surface area contributed by atoms with E-state index in [0.29, 0.717) is 6.04 Å². The van der Waals surface area contributed by atoms with Crippen LogP contribution in [0.5, 0.6) is 0 Å². The molecule has 1 fully saturated rings. The summed E-state index contributed by atoms with van der Waals surface area (Å²) < 4.78 is 5.27. The van der Waals surface area contributed by atoms with E-state index in [-0.39, 0.29) is 18.7 Å². The molecule has 0 atom stereocenters. The lowest BCUT2D eigenvalue weighted by atomic mass is 9.91. The third-order valence-corrected chi connectivity index (χ3v) is 3.47. The van der Waals surface area contributed by atoms with Crippen molar-refractivity contribution in [2.45, 2.75) is 77.0 Å². The van der Waals surface area contributed by atoms with Crippen LogP contribution in [0.1, 0.15) is 59.3 Å². The predicted molar refractivity (Wildman–Crippen MR) is 79.7 cm³/mol. The molecule has 1 saturated carbocycles. The summed E-state index contributed by atoms with van der Waals surface area (Å²) in [4.78, 5) is 11.7. The van der Waals surface area contributed by atoms with Crippen LogP contribution in [0.25, 0.3) is 0 Å². The molecule has 1 amide bonds. The molecule has 3 N–H and O–H groups in total. The van der Waals surface area contributed by atoms with E-state index in [4.69, 9.17) is 9.84 Å². The Kier molecular flexibility index (Phi) is 7.30. The maximum atomic E-state index is 11.7. The monoisotopic (exact) mass is 286 g/mol. The zero-order valence-electron chi connectivity index (χ0n) is 13.1. The SMILES string of the molecule is CC(C)(C)OC(=O)NC1CCC(NCCCCO)CC1. The second-order valence-electron chi connectivity index (χ2n) is 6.58. The second kappa shape index (κ2) is 8.47. The van der Waals surface area contributed by atoms with Gasteiger partial charge in [-0.2, -0.15) is 0 Å². The number of amides is 1. The standard InChI is InChI=1S/C15H30N2O3/c1-15(2,3)20-14(19)17-13-8-6-12(7-9-13)16-10-4-5-11-18/h12-13,16,18H,4-11H2,1-3H3,(H,17,19). The zero-order chi connectivity index (χ0) is 15.0. The van der Waals surface area contributed by atoms with Gasteiger partial charge >= 0.3 is 6.09 Å². The number of aliphatic hydroxyl groups is 1. The van der Waals surface area contributed by atoms with E-state index in [9.17, 15) is 4.79 Å². The van der Waals surface area contributed by atoms with Crippen molar-refractivity contribution in [3.63, 3.8) is 0 Å². The molecule has 0 radical (unpaired) electrons. The zero-order valence-corrected chi connectivity index (χ0v) is 13.1. The average Bonchev–Trinajstić information content (AvgIpc) is 2.34. The first-order valence-corrected chi connectivity index (χ1v) is 7.74. The third kappa shape index (κ3) is 7.70. The van der Waals surface area contributed by atoms with Gasteiger partial charge in [0.2, 0.25) is 0 Å². The van der Waals surface area contributed by atoms with Crippen molar-refractivity contribution in [3.8, 4) is 0 Å². The number of alkyl carbamates (subject to hydrolysis) is 1. The lowest BCUT2D eigenvalue weighted by Crippen LogP contribution is -2.44. The van der Waals surface area contributed by atoms with Crippen LogP contribution in [0.4, 0.5) is 4.79 Å². The van der Waals surface area contributed by atoms with Gasteiger partial charge in [0.05, 0.1) is 0 Å². The van der Waals surface area contributed by atoms with Crippen molar-refractivity contribution in [3.05, 3.63) is 0 Å². The number of hydrogen-bond donors (Lipinski definition) is 3. The number of unbranched alkanes of at least 4 members (excludes halogenated alkanes) is 1. The quantitative estimate of drug-likeness (QED) is 0.655. The summed E-state index contributed by atoms with van der Waals surface area (Å²) in [5, 5.41) is 15.2. The van der Waals surface area contributed by atoms with Crippen LogP contribution in [0.3, 0.4) is 0 Å². The van der Waals surface area contributed by atoms with Gasteiger partial charge < -0.3 is 20.5 Å². The van der Waals surface area contributed by atoms with Crippen LogP contribution < -0.4 is 10.6 Å². The van der Waals surface area contributed by atoms with Crippen LogP contribution >= 0.6 is 0 Å². The third-order valence-electron chi connectivity index (χ3n) is 3.47. The fourth-order valence-corrected chi connectivity index (χ4v) is 2.46. The summed E-state index contributed by atoms with van der Waals surface area (Å²) in [7, 11) is 0. The Balaban J connectivity index is 2.14. The predicted octanol–water partition coefficient (Wildman–Crippen LogP) is 2.18. The molecule has 0 aliphatic heterocycles. The maximum absolute atomic E-state index is 11.7. The van der Waals surface area contributed by atoms with Gasteiger partial charge in [-0.3, -0.25) is 0 Å². The van der Waals surface area contributed by atoms with E-state index in [0.717, 1.165) is 45.1 Å². The van der Waals surface area contributed by atoms with E-state index < -0.39 is 5.60 Å². The van der Waals surface area contributed by atoms with Gasteiger partial charge in [0.1, 0.15) is 5.60 Å². The molecular formula is C15H30N2O3. The molecule has 0 bridgehead atoms. The highest BCUT2D eigenvalue weighted by Gasteiger charge is 2.24. The van der Waals surface area contributed by atoms with Crippen molar-refractivity contribution >= 4 is 6.09 Å². The molecule has 1 aliphatic carbocycles. The minimum Gasteiger partial charge on any atom is -0.444 e. The molecule has 20 heavy (non-hydrogen) atoms. The van der Waals surface area contributed by atoms with E-state index in [2.05, 4.69) is 10.6 Å². The number of carbonyl (C=O) groups is 1. The Morgan fingerprint density at radius 1 is 1.15 bits per heavy atom. The lowest BCUT2D eigenvalue weighted by Gasteiger charge is -2.30. The van der Waals surface area contributed by atoms with Crippen molar-refractivity contribution < 1.29 is 14.6 Å². The molecule has 5 heteroatoms. The molecule has 1 aliphatic rings. The molecule has 0 unspecified atom stereocenters. The minimum absolute atomic E-state index is 0.236. The van der Waals surface area contributed by atoms with Crippen molar-refractivity contribution in [2.75, 3.05) is 13.2 Å². The topological polar surface area (TPSA) is 70.6 Å². The number of ether oxygens (including phenoxy) is 1. The Labute approximate surface area is 122 Å². The highest BCUT2D eigenvalue weighted by Crippen LogP contribution is 2.19. The fourth-order valence-electron chi connectivity index (χ4n) is 2.46. The Morgan fingerprint density at radius 2 is 1.75 bits per heavy atom. The lowest BCUT2D eigenvalue weighted by molar-refractivity contribution is 0.0490. The van der Waals surface area contributed by atoms with Gasteiger partial charge in [-0.1, -0.05) is 0 Å². The summed E-state index contributed by atoms with van der Waals surface area (Å²) in [6, 6.07) is 0.783. The van der Waals surface area contributed by atoms with Crippen molar-refractivity contribution in [2.24, 2.45) is 0 Å². The van der Waals surface area contributed by atoms with Gasteiger partial charge in [-0.05, 0) is 65.8 Å².